The summed E-state index contributed by atoms with van der Waals surface area (Å²) >= 11 is 5.98. The molecule has 154 valence electrons. The number of rotatable bonds is 7. The summed E-state index contributed by atoms with van der Waals surface area (Å²) in [5.74, 6) is -2.39. The zero-order chi connectivity index (χ0) is 21.0. The molecule has 0 aliphatic carbocycles. The van der Waals surface area contributed by atoms with Gasteiger partial charge in [0.25, 0.3) is 5.91 Å². The summed E-state index contributed by atoms with van der Waals surface area (Å²) in [6.07, 6.45) is 3.05. The molecule has 2 aromatic heterocycles. The summed E-state index contributed by atoms with van der Waals surface area (Å²) in [5.41, 5.74) is 6.21. The third-order valence-corrected chi connectivity index (χ3v) is 5.05. The maximum atomic E-state index is 12.3. The number of fused-ring (bicyclic) bond motifs is 1. The number of primary amides is 1. The lowest BCUT2D eigenvalue weighted by molar-refractivity contribution is -0.130. The number of nitrogens with two attached hydrogens (primary N) is 1. The Morgan fingerprint density at radius 3 is 2.86 bits per heavy atom. The number of amides is 4. The van der Waals surface area contributed by atoms with Gasteiger partial charge in [0.1, 0.15) is 16.9 Å². The van der Waals surface area contributed by atoms with Crippen LogP contribution in [0.5, 0.6) is 0 Å². The molecule has 2 aromatic rings. The van der Waals surface area contributed by atoms with E-state index >= 15 is 0 Å². The molecule has 1 aliphatic heterocycles. The summed E-state index contributed by atoms with van der Waals surface area (Å²) in [6.45, 7) is 0.241. The summed E-state index contributed by atoms with van der Waals surface area (Å²) < 4.78 is 0. The van der Waals surface area contributed by atoms with Gasteiger partial charge >= 0.3 is 0 Å². The second kappa shape index (κ2) is 8.91. The third-order valence-electron chi connectivity index (χ3n) is 4.75. The van der Waals surface area contributed by atoms with Crippen LogP contribution in [0, 0.1) is 5.92 Å². The fourth-order valence-corrected chi connectivity index (χ4v) is 3.45. The summed E-state index contributed by atoms with van der Waals surface area (Å²) in [5, 5.41) is 8.50. The summed E-state index contributed by atoms with van der Waals surface area (Å²) in [4.78, 5) is 54.8. The minimum Gasteiger partial charge on any atom is -0.368 e. The molecule has 11 heteroatoms. The predicted octanol–water partition coefficient (Wildman–Crippen LogP) is -0.167. The molecule has 0 spiro atoms. The highest BCUT2D eigenvalue weighted by molar-refractivity contribution is 6.34. The Balaban J connectivity index is 1.55. The Hall–Kier alpha value is -3.14. The van der Waals surface area contributed by atoms with Crippen molar-refractivity contribution >= 4 is 46.1 Å². The van der Waals surface area contributed by atoms with Crippen molar-refractivity contribution in [2.75, 3.05) is 13.1 Å². The van der Waals surface area contributed by atoms with Crippen LogP contribution in [-0.2, 0) is 14.4 Å². The van der Waals surface area contributed by atoms with Gasteiger partial charge in [0.2, 0.25) is 17.7 Å². The maximum Gasteiger partial charge on any atom is 0.268 e. The first-order chi connectivity index (χ1) is 13.8. The first-order valence-electron chi connectivity index (χ1n) is 9.13. The maximum absolute atomic E-state index is 12.3. The second-order valence-electron chi connectivity index (χ2n) is 6.82. The number of hydrogen-bond acceptors (Lipinski definition) is 5. The second-order valence-corrected chi connectivity index (χ2v) is 7.18. The molecule has 2 atom stereocenters. The molecule has 6 N–H and O–H groups in total. The zero-order valence-electron chi connectivity index (χ0n) is 15.5. The van der Waals surface area contributed by atoms with Gasteiger partial charge in [0.05, 0.1) is 12.1 Å². The molecular weight excluding hydrogens is 400 g/mol. The van der Waals surface area contributed by atoms with Crippen LogP contribution in [-0.4, -0.2) is 52.7 Å². The van der Waals surface area contributed by atoms with E-state index in [1.807, 2.05) is 0 Å². The van der Waals surface area contributed by atoms with Crippen molar-refractivity contribution in [2.45, 2.75) is 25.3 Å². The monoisotopic (exact) mass is 420 g/mol. The van der Waals surface area contributed by atoms with Crippen molar-refractivity contribution < 1.29 is 19.2 Å². The Morgan fingerprint density at radius 2 is 2.17 bits per heavy atom. The number of halogens is 1. The molecule has 4 amide bonds. The van der Waals surface area contributed by atoms with Gasteiger partial charge in [-0.15, -0.1) is 0 Å². The lowest BCUT2D eigenvalue weighted by Crippen LogP contribution is -2.50. The smallest absolute Gasteiger partial charge is 0.268 e. The highest BCUT2D eigenvalue weighted by Crippen LogP contribution is 2.21. The fraction of sp³-hybridized carbons (Fsp3) is 0.389. The minimum absolute atomic E-state index is 0.119. The lowest BCUT2D eigenvalue weighted by atomic mass is 9.91. The summed E-state index contributed by atoms with van der Waals surface area (Å²) in [6, 6.07) is 2.21. The quantitative estimate of drug-likeness (QED) is 0.393. The third kappa shape index (κ3) is 5.02. The molecule has 0 bridgehead atoms. The van der Waals surface area contributed by atoms with Gasteiger partial charge in [-0.05, 0) is 31.4 Å². The van der Waals surface area contributed by atoms with E-state index in [0.717, 1.165) is 6.42 Å². The molecule has 0 radical (unpaired) electrons. The number of carbonyl (C=O) groups is 4. The molecule has 3 heterocycles. The van der Waals surface area contributed by atoms with Crippen LogP contribution in [0.25, 0.3) is 10.9 Å². The first kappa shape index (κ1) is 20.6. The van der Waals surface area contributed by atoms with Crippen LogP contribution in [0.15, 0.2) is 18.3 Å². The SMILES string of the molecule is NC(=O)C(CC1CCCNC1=O)NC(=O)CNC(=O)c1cc2c(Cl)nccc2[nH]1. The molecule has 0 saturated carbocycles. The normalized spacial score (nSPS) is 17.4. The van der Waals surface area contributed by atoms with Gasteiger partial charge in [-0.25, -0.2) is 4.98 Å². The highest BCUT2D eigenvalue weighted by Gasteiger charge is 2.29. The first-order valence-corrected chi connectivity index (χ1v) is 9.50. The zero-order valence-corrected chi connectivity index (χ0v) is 16.2. The Bertz CT molecular complexity index is 959. The molecule has 3 rings (SSSR count). The van der Waals surface area contributed by atoms with Crippen molar-refractivity contribution in [3.8, 4) is 0 Å². The molecule has 1 aliphatic rings. The van der Waals surface area contributed by atoms with Crippen LogP contribution in [0.4, 0.5) is 0 Å². The van der Waals surface area contributed by atoms with Gasteiger partial charge in [-0.2, -0.15) is 0 Å². The molecule has 1 saturated heterocycles. The number of hydrogen-bond donors (Lipinski definition) is 5. The molecule has 2 unspecified atom stereocenters. The Morgan fingerprint density at radius 1 is 1.38 bits per heavy atom. The van der Waals surface area contributed by atoms with Crippen molar-refractivity contribution in [1.29, 1.82) is 0 Å². The standard InChI is InChI=1S/C18H21ClN6O4/c19-15-10-7-13(24-11(10)3-5-21-15)18(29)23-8-14(26)25-12(16(20)27)6-9-2-1-4-22-17(9)28/h3,5,7,9,12,24H,1-2,4,6,8H2,(H2,20,27)(H,22,28)(H,23,29)(H,25,26). The van der Waals surface area contributed by atoms with Crippen LogP contribution in [0.1, 0.15) is 29.8 Å². The van der Waals surface area contributed by atoms with Gasteiger partial charge in [-0.1, -0.05) is 11.6 Å². The van der Waals surface area contributed by atoms with E-state index < -0.39 is 23.8 Å². The van der Waals surface area contributed by atoms with Crippen molar-refractivity contribution in [3.63, 3.8) is 0 Å². The van der Waals surface area contributed by atoms with Crippen molar-refractivity contribution in [2.24, 2.45) is 11.7 Å². The van der Waals surface area contributed by atoms with Gasteiger partial charge < -0.3 is 26.7 Å². The number of carbonyl (C=O) groups excluding carboxylic acids is 4. The Kier molecular flexibility index (Phi) is 6.32. The van der Waals surface area contributed by atoms with Gasteiger partial charge in [0.15, 0.2) is 0 Å². The van der Waals surface area contributed by atoms with Crippen LogP contribution in [0.2, 0.25) is 5.15 Å². The molecular formula is C18H21ClN6O4. The largest absolute Gasteiger partial charge is 0.368 e. The van der Waals surface area contributed by atoms with Crippen LogP contribution >= 0.6 is 11.6 Å². The number of piperidine rings is 1. The van der Waals surface area contributed by atoms with Crippen LogP contribution in [0.3, 0.4) is 0 Å². The molecule has 0 aromatic carbocycles. The average Bonchev–Trinajstić information content (AvgIpc) is 3.13. The Labute approximate surface area is 170 Å². The number of nitrogens with one attached hydrogen (secondary N) is 4. The molecule has 10 nitrogen and oxygen atoms in total. The van der Waals surface area contributed by atoms with Gasteiger partial charge in [0, 0.05) is 24.0 Å². The average molecular weight is 421 g/mol. The van der Waals surface area contributed by atoms with E-state index in [9.17, 15) is 19.2 Å². The summed E-state index contributed by atoms with van der Waals surface area (Å²) in [7, 11) is 0. The number of aromatic nitrogens is 2. The van der Waals surface area contributed by atoms with Gasteiger partial charge in [-0.3, -0.25) is 19.2 Å². The van der Waals surface area contributed by atoms with E-state index in [2.05, 4.69) is 25.9 Å². The number of pyridine rings is 1. The predicted molar refractivity (Wildman–Crippen MR) is 105 cm³/mol. The number of aromatic amines is 1. The minimum atomic E-state index is -0.994. The van der Waals surface area contributed by atoms with E-state index in [0.29, 0.717) is 23.9 Å². The van der Waals surface area contributed by atoms with E-state index in [4.69, 9.17) is 17.3 Å². The molecule has 1 fully saturated rings. The molecule has 29 heavy (non-hydrogen) atoms. The van der Waals surface area contributed by atoms with E-state index in [-0.39, 0.29) is 35.6 Å². The lowest BCUT2D eigenvalue weighted by Gasteiger charge is -2.25. The van der Waals surface area contributed by atoms with Crippen LogP contribution < -0.4 is 21.7 Å². The number of H-pyrrole nitrogens is 1. The topological polar surface area (TPSA) is 159 Å². The number of nitrogens with zero attached hydrogens (tertiary/aromatic N) is 1. The fourth-order valence-electron chi connectivity index (χ4n) is 3.23. The van der Waals surface area contributed by atoms with E-state index in [1.54, 1.807) is 6.07 Å². The van der Waals surface area contributed by atoms with E-state index in [1.165, 1.54) is 12.3 Å². The van der Waals surface area contributed by atoms with Crippen molar-refractivity contribution in [1.82, 2.24) is 25.9 Å². The highest BCUT2D eigenvalue weighted by atomic mass is 35.5. The van der Waals surface area contributed by atoms with Crippen molar-refractivity contribution in [3.05, 3.63) is 29.2 Å².